The van der Waals surface area contributed by atoms with Crippen molar-refractivity contribution in [2.24, 2.45) is 5.73 Å². The highest BCUT2D eigenvalue weighted by Gasteiger charge is 2.26. The maximum atomic E-state index is 8.67. The Hall–Kier alpha value is -2.73. The number of halogens is 1. The van der Waals surface area contributed by atoms with Gasteiger partial charge in [-0.1, -0.05) is 18.5 Å². The number of fused-ring (bicyclic) bond motifs is 2. The first-order chi connectivity index (χ1) is 17.2. The highest BCUT2D eigenvalue weighted by molar-refractivity contribution is 7.99. The molecule has 1 aliphatic rings. The van der Waals surface area contributed by atoms with Gasteiger partial charge in [0.25, 0.3) is 0 Å². The lowest BCUT2D eigenvalue weighted by atomic mass is 10.3. The average Bonchev–Trinajstić information content (AvgIpc) is 3.41. The Balaban J connectivity index is 1.53. The van der Waals surface area contributed by atoms with E-state index >= 15 is 0 Å². The minimum atomic E-state index is 0.119. The van der Waals surface area contributed by atoms with Crippen molar-refractivity contribution in [2.45, 2.75) is 49.3 Å². The number of H-pyrrole nitrogens is 1. The molecule has 12 heteroatoms. The van der Waals surface area contributed by atoms with Gasteiger partial charge in [0.05, 0.1) is 15.9 Å². The fourth-order valence-electron chi connectivity index (χ4n) is 4.53. The number of nitrogens with zero attached hydrogens (tertiary/aromatic N) is 7. The van der Waals surface area contributed by atoms with E-state index in [1.165, 1.54) is 11.8 Å². The highest BCUT2D eigenvalue weighted by atomic mass is 35.5. The molecular weight excluding hydrogens is 496 g/mol. The zero-order chi connectivity index (χ0) is 25.6. The van der Waals surface area contributed by atoms with Gasteiger partial charge < -0.3 is 25.1 Å². The summed E-state index contributed by atoms with van der Waals surface area (Å²) in [7, 11) is 4.03. The molecule has 0 radical (unpaired) electrons. The van der Waals surface area contributed by atoms with Crippen LogP contribution in [-0.2, 0) is 13.0 Å². The van der Waals surface area contributed by atoms with Crippen molar-refractivity contribution in [3.8, 4) is 0 Å². The second-order valence-electron chi connectivity index (χ2n) is 9.42. The molecule has 4 aromatic rings. The van der Waals surface area contributed by atoms with Crippen molar-refractivity contribution in [1.82, 2.24) is 34.4 Å². The molecule has 1 atom stereocenters. The summed E-state index contributed by atoms with van der Waals surface area (Å²) in [6.07, 6.45) is 3.46. The third kappa shape index (κ3) is 4.68. The minimum absolute atomic E-state index is 0.119. The maximum Gasteiger partial charge on any atom is 0.196 e. The van der Waals surface area contributed by atoms with Crippen LogP contribution in [-0.4, -0.2) is 74.2 Å². The zero-order valence-electron chi connectivity index (χ0n) is 21.0. The Morgan fingerprint density at radius 1 is 1.31 bits per heavy atom. The van der Waals surface area contributed by atoms with Gasteiger partial charge in [0.15, 0.2) is 10.6 Å². The van der Waals surface area contributed by atoms with Crippen LogP contribution in [0.2, 0.25) is 5.02 Å². The number of aromatic amines is 1. The third-order valence-electron chi connectivity index (χ3n) is 6.49. The Morgan fingerprint density at radius 3 is 2.81 bits per heavy atom. The van der Waals surface area contributed by atoms with Gasteiger partial charge in [-0.05, 0) is 51.7 Å². The summed E-state index contributed by atoms with van der Waals surface area (Å²) in [6.45, 7) is 7.07. The molecule has 5 heterocycles. The summed E-state index contributed by atoms with van der Waals surface area (Å²) in [5.74, 6) is 1.60. The summed E-state index contributed by atoms with van der Waals surface area (Å²) >= 11 is 8.14. The lowest BCUT2D eigenvalue weighted by molar-refractivity contribution is 0.376. The van der Waals surface area contributed by atoms with Crippen molar-refractivity contribution in [2.75, 3.05) is 38.6 Å². The van der Waals surface area contributed by atoms with Gasteiger partial charge in [0.1, 0.15) is 22.8 Å². The molecule has 1 saturated heterocycles. The molecule has 1 aliphatic heterocycles. The topological polar surface area (TPSA) is 129 Å². The molecule has 0 saturated carbocycles. The van der Waals surface area contributed by atoms with E-state index in [4.69, 9.17) is 37.7 Å². The van der Waals surface area contributed by atoms with Gasteiger partial charge in [-0.3, -0.25) is 5.41 Å². The van der Waals surface area contributed by atoms with Crippen molar-refractivity contribution < 1.29 is 0 Å². The lowest BCUT2D eigenvalue weighted by Crippen LogP contribution is -2.29. The summed E-state index contributed by atoms with van der Waals surface area (Å²) in [6, 6.07) is 2.07. The van der Waals surface area contributed by atoms with Gasteiger partial charge in [-0.2, -0.15) is 0 Å². The molecule has 5 rings (SSSR count). The Morgan fingerprint density at radius 2 is 2.11 bits per heavy atom. The predicted molar refractivity (Wildman–Crippen MR) is 144 cm³/mol. The number of nitrogens with two attached hydrogens (primary N) is 1. The molecule has 1 fully saturated rings. The fraction of sp³-hybridized carbons (Fsp3) is 0.458. The third-order valence-corrected chi connectivity index (χ3v) is 7.73. The van der Waals surface area contributed by atoms with E-state index in [2.05, 4.69) is 26.7 Å². The molecule has 0 bridgehead atoms. The van der Waals surface area contributed by atoms with E-state index in [0.29, 0.717) is 33.2 Å². The van der Waals surface area contributed by atoms with Crippen molar-refractivity contribution in [1.29, 1.82) is 5.41 Å². The number of hydrogen-bond acceptors (Lipinski definition) is 9. The maximum absolute atomic E-state index is 8.67. The molecule has 0 aliphatic carbocycles. The monoisotopic (exact) mass is 526 g/mol. The molecular formula is C24H31ClN10S. The Kier molecular flexibility index (Phi) is 6.90. The molecule has 0 amide bonds. The first-order valence-electron chi connectivity index (χ1n) is 12.1. The molecule has 0 aromatic carbocycles. The quantitative estimate of drug-likeness (QED) is 0.313. The number of nitrogens with one attached hydrogen (secondary N) is 2. The van der Waals surface area contributed by atoms with Crippen molar-refractivity contribution in [3.63, 3.8) is 0 Å². The Bertz CT molecular complexity index is 1490. The standard InChI is InChI=1S/C24H31ClN10S/c1-5-16-19(25)18-22(30-16)31-24(32-23(18)34-7-6-14(26)12-34)36-15-10-17-20(28-11-15)21(27)35(13(2)29-17)9-8-33(3)4/h10-11,14,27H,5-9,12,26H2,1-4H3,(H,30,31,32)/t14-/m0/s1. The normalized spacial score (nSPS) is 16.2. The summed E-state index contributed by atoms with van der Waals surface area (Å²) in [4.78, 5) is 27.5. The second kappa shape index (κ2) is 9.97. The molecule has 190 valence electrons. The summed E-state index contributed by atoms with van der Waals surface area (Å²) in [5.41, 5.74) is 9.50. The van der Waals surface area contributed by atoms with Crippen molar-refractivity contribution >= 4 is 51.2 Å². The van der Waals surface area contributed by atoms with Gasteiger partial charge in [-0.25, -0.2) is 19.9 Å². The van der Waals surface area contributed by atoms with E-state index in [-0.39, 0.29) is 6.04 Å². The number of aromatic nitrogens is 6. The van der Waals surface area contributed by atoms with E-state index in [1.54, 1.807) is 6.20 Å². The average molecular weight is 527 g/mol. The molecule has 0 unspecified atom stereocenters. The number of rotatable bonds is 7. The number of hydrogen-bond donors (Lipinski definition) is 3. The van der Waals surface area contributed by atoms with Crippen LogP contribution < -0.4 is 16.1 Å². The van der Waals surface area contributed by atoms with Crippen molar-refractivity contribution in [3.05, 3.63) is 34.3 Å². The van der Waals surface area contributed by atoms with Crippen LogP contribution in [0.1, 0.15) is 24.9 Å². The molecule has 0 spiro atoms. The first-order valence-corrected chi connectivity index (χ1v) is 13.3. The number of pyridine rings is 1. The van der Waals surface area contributed by atoms with Crippen LogP contribution in [0.4, 0.5) is 5.82 Å². The number of likely N-dealkylation sites (N-methyl/N-ethyl adjacent to an activating group) is 1. The summed E-state index contributed by atoms with van der Waals surface area (Å²) in [5, 5.41) is 10.8. The zero-order valence-corrected chi connectivity index (χ0v) is 22.5. The molecule has 36 heavy (non-hydrogen) atoms. The van der Waals surface area contributed by atoms with Gasteiger partial charge in [0, 0.05) is 49.0 Å². The van der Waals surface area contributed by atoms with Gasteiger partial charge in [0.2, 0.25) is 0 Å². The van der Waals surface area contributed by atoms with Crippen LogP contribution >= 0.6 is 23.4 Å². The van der Waals surface area contributed by atoms with Crippen LogP contribution in [0, 0.1) is 12.3 Å². The van der Waals surface area contributed by atoms with Crippen LogP contribution in [0.5, 0.6) is 0 Å². The SMILES string of the molecule is CCc1[nH]c2nc(Sc3cnc4c(=N)n(CCN(C)C)c(C)nc4c3)nc(N3CC[C@H](N)C3)c2c1Cl. The second-order valence-corrected chi connectivity index (χ2v) is 10.8. The van der Waals surface area contributed by atoms with Crippen LogP contribution in [0.3, 0.4) is 0 Å². The van der Waals surface area contributed by atoms with Gasteiger partial charge in [-0.15, -0.1) is 0 Å². The van der Waals surface area contributed by atoms with E-state index in [1.807, 2.05) is 31.7 Å². The largest absolute Gasteiger partial charge is 0.354 e. The molecule has 4 N–H and O–H groups in total. The van der Waals surface area contributed by atoms with E-state index in [0.717, 1.165) is 65.7 Å². The smallest absolute Gasteiger partial charge is 0.196 e. The number of anilines is 1. The predicted octanol–water partition coefficient (Wildman–Crippen LogP) is 2.96. The lowest BCUT2D eigenvalue weighted by Gasteiger charge is -2.18. The first kappa shape index (κ1) is 24.9. The molecule has 10 nitrogen and oxygen atoms in total. The number of aryl methyl sites for hydroxylation is 2. The fourth-order valence-corrected chi connectivity index (χ4v) is 5.64. The summed E-state index contributed by atoms with van der Waals surface area (Å²) < 4.78 is 1.90. The molecule has 4 aromatic heterocycles. The highest BCUT2D eigenvalue weighted by Crippen LogP contribution is 2.37. The van der Waals surface area contributed by atoms with Gasteiger partial charge >= 0.3 is 0 Å². The van der Waals surface area contributed by atoms with E-state index < -0.39 is 0 Å². The Labute approximate surface area is 218 Å². The van der Waals surface area contributed by atoms with Crippen LogP contribution in [0.15, 0.2) is 22.3 Å². The minimum Gasteiger partial charge on any atom is -0.354 e. The van der Waals surface area contributed by atoms with E-state index in [9.17, 15) is 0 Å². The van der Waals surface area contributed by atoms with Crippen LogP contribution in [0.25, 0.3) is 22.1 Å².